The van der Waals surface area contributed by atoms with Gasteiger partial charge < -0.3 is 10.6 Å². The summed E-state index contributed by atoms with van der Waals surface area (Å²) in [5.74, 6) is -0.282. The van der Waals surface area contributed by atoms with Crippen LogP contribution >= 0.6 is 0 Å². The summed E-state index contributed by atoms with van der Waals surface area (Å²) in [4.78, 5) is 11.8. The molecule has 0 spiro atoms. The predicted molar refractivity (Wildman–Crippen MR) is 76.6 cm³/mol. The van der Waals surface area contributed by atoms with Crippen molar-refractivity contribution in [3.63, 3.8) is 0 Å². The van der Waals surface area contributed by atoms with Crippen molar-refractivity contribution in [2.24, 2.45) is 0 Å². The molecule has 2 amide bonds. The van der Waals surface area contributed by atoms with E-state index in [1.807, 2.05) is 37.3 Å². The van der Waals surface area contributed by atoms with Gasteiger partial charge in [-0.05, 0) is 30.2 Å². The summed E-state index contributed by atoms with van der Waals surface area (Å²) in [5, 5.41) is 5.60. The molecule has 3 nitrogen and oxygen atoms in total. The van der Waals surface area contributed by atoms with E-state index in [2.05, 4.69) is 10.6 Å². The van der Waals surface area contributed by atoms with E-state index in [4.69, 9.17) is 0 Å². The van der Waals surface area contributed by atoms with Gasteiger partial charge in [-0.2, -0.15) is 0 Å². The van der Waals surface area contributed by atoms with Gasteiger partial charge in [-0.3, -0.25) is 0 Å². The predicted octanol–water partition coefficient (Wildman–Crippen LogP) is 3.39. The molecule has 1 unspecified atom stereocenters. The SMILES string of the molecule is CC(NC(=O)NCc1ccc(F)cc1)c1ccccc1. The highest BCUT2D eigenvalue weighted by Gasteiger charge is 2.08. The fourth-order valence-electron chi connectivity index (χ4n) is 1.86. The number of halogens is 1. The van der Waals surface area contributed by atoms with Crippen LogP contribution in [0.1, 0.15) is 24.1 Å². The minimum Gasteiger partial charge on any atom is -0.334 e. The molecule has 20 heavy (non-hydrogen) atoms. The molecular formula is C16H17FN2O. The molecule has 0 radical (unpaired) electrons. The molecule has 0 aliphatic carbocycles. The van der Waals surface area contributed by atoms with Crippen molar-refractivity contribution in [3.05, 3.63) is 71.5 Å². The van der Waals surface area contributed by atoms with E-state index in [0.29, 0.717) is 6.54 Å². The lowest BCUT2D eigenvalue weighted by Crippen LogP contribution is -2.36. The Bertz CT molecular complexity index is 554. The summed E-state index contributed by atoms with van der Waals surface area (Å²) in [6.07, 6.45) is 0. The molecule has 0 saturated heterocycles. The number of carbonyl (C=O) groups is 1. The lowest BCUT2D eigenvalue weighted by molar-refractivity contribution is 0.237. The quantitative estimate of drug-likeness (QED) is 0.880. The molecule has 4 heteroatoms. The molecular weight excluding hydrogens is 255 g/mol. The summed E-state index contributed by atoms with van der Waals surface area (Å²) in [5.41, 5.74) is 1.90. The maximum atomic E-state index is 12.7. The molecule has 0 aliphatic rings. The second kappa shape index (κ2) is 6.70. The van der Waals surface area contributed by atoms with E-state index < -0.39 is 0 Å². The Labute approximate surface area is 117 Å². The van der Waals surface area contributed by atoms with Crippen LogP contribution < -0.4 is 10.6 Å². The Morgan fingerprint density at radius 1 is 1.10 bits per heavy atom. The molecule has 2 aromatic carbocycles. The van der Waals surface area contributed by atoms with Crippen LogP contribution in [0.25, 0.3) is 0 Å². The molecule has 104 valence electrons. The average molecular weight is 272 g/mol. The number of carbonyl (C=O) groups excluding carboxylic acids is 1. The first-order chi connectivity index (χ1) is 9.65. The van der Waals surface area contributed by atoms with Gasteiger partial charge in [0.05, 0.1) is 6.04 Å². The fraction of sp³-hybridized carbons (Fsp3) is 0.188. The lowest BCUT2D eigenvalue weighted by atomic mass is 10.1. The van der Waals surface area contributed by atoms with E-state index in [9.17, 15) is 9.18 Å². The summed E-state index contributed by atoms with van der Waals surface area (Å²) in [7, 11) is 0. The first-order valence-corrected chi connectivity index (χ1v) is 6.49. The van der Waals surface area contributed by atoms with Gasteiger partial charge in [0.15, 0.2) is 0 Å². The summed E-state index contributed by atoms with van der Waals surface area (Å²) >= 11 is 0. The minimum absolute atomic E-state index is 0.0654. The Morgan fingerprint density at radius 3 is 2.40 bits per heavy atom. The van der Waals surface area contributed by atoms with Gasteiger partial charge in [0.25, 0.3) is 0 Å². The van der Waals surface area contributed by atoms with E-state index in [0.717, 1.165) is 11.1 Å². The smallest absolute Gasteiger partial charge is 0.315 e. The summed E-state index contributed by atoms with van der Waals surface area (Å²) in [6.45, 7) is 2.29. The third-order valence-corrected chi connectivity index (χ3v) is 3.01. The monoisotopic (exact) mass is 272 g/mol. The topological polar surface area (TPSA) is 41.1 Å². The first kappa shape index (κ1) is 14.1. The first-order valence-electron chi connectivity index (χ1n) is 6.49. The fourth-order valence-corrected chi connectivity index (χ4v) is 1.86. The number of rotatable bonds is 4. The Hall–Kier alpha value is -2.36. The summed E-state index contributed by atoms with van der Waals surface area (Å²) in [6, 6.07) is 15.5. The van der Waals surface area contributed by atoms with Crippen LogP contribution in [0, 0.1) is 5.82 Å². The molecule has 1 atom stereocenters. The van der Waals surface area contributed by atoms with Crippen LogP contribution in [0.15, 0.2) is 54.6 Å². The Kier molecular flexibility index (Phi) is 4.71. The van der Waals surface area contributed by atoms with E-state index in [-0.39, 0.29) is 17.9 Å². The Morgan fingerprint density at radius 2 is 1.75 bits per heavy atom. The normalized spacial score (nSPS) is 11.7. The zero-order valence-electron chi connectivity index (χ0n) is 11.3. The highest BCUT2D eigenvalue weighted by molar-refractivity contribution is 5.74. The van der Waals surface area contributed by atoms with Crippen molar-refractivity contribution in [1.29, 1.82) is 0 Å². The van der Waals surface area contributed by atoms with E-state index in [1.165, 1.54) is 12.1 Å². The highest BCUT2D eigenvalue weighted by atomic mass is 19.1. The molecule has 2 aromatic rings. The van der Waals surface area contributed by atoms with Crippen molar-refractivity contribution in [3.8, 4) is 0 Å². The number of urea groups is 1. The van der Waals surface area contributed by atoms with Crippen LogP contribution in [0.3, 0.4) is 0 Å². The number of hydrogen-bond donors (Lipinski definition) is 2. The van der Waals surface area contributed by atoms with Gasteiger partial charge in [0.1, 0.15) is 5.82 Å². The summed E-state index contributed by atoms with van der Waals surface area (Å²) < 4.78 is 12.7. The molecule has 0 fully saturated rings. The third-order valence-electron chi connectivity index (χ3n) is 3.01. The molecule has 0 heterocycles. The molecule has 0 aliphatic heterocycles. The van der Waals surface area contributed by atoms with Crippen LogP contribution in [0.5, 0.6) is 0 Å². The number of hydrogen-bond acceptors (Lipinski definition) is 1. The van der Waals surface area contributed by atoms with Crippen LogP contribution in [0.4, 0.5) is 9.18 Å². The van der Waals surface area contributed by atoms with Crippen molar-refractivity contribution in [1.82, 2.24) is 10.6 Å². The number of benzene rings is 2. The highest BCUT2D eigenvalue weighted by Crippen LogP contribution is 2.10. The Balaban J connectivity index is 1.82. The maximum absolute atomic E-state index is 12.7. The van der Waals surface area contributed by atoms with Gasteiger partial charge >= 0.3 is 6.03 Å². The number of nitrogens with one attached hydrogen (secondary N) is 2. The van der Waals surface area contributed by atoms with Gasteiger partial charge in [-0.1, -0.05) is 42.5 Å². The maximum Gasteiger partial charge on any atom is 0.315 e. The van der Waals surface area contributed by atoms with Gasteiger partial charge in [-0.25, -0.2) is 9.18 Å². The van der Waals surface area contributed by atoms with Crippen LogP contribution in [-0.4, -0.2) is 6.03 Å². The molecule has 2 rings (SSSR count). The second-order valence-corrected chi connectivity index (χ2v) is 4.59. The zero-order valence-corrected chi connectivity index (χ0v) is 11.3. The van der Waals surface area contributed by atoms with E-state index in [1.54, 1.807) is 12.1 Å². The zero-order chi connectivity index (χ0) is 14.4. The van der Waals surface area contributed by atoms with Gasteiger partial charge in [0, 0.05) is 6.54 Å². The van der Waals surface area contributed by atoms with Crippen molar-refractivity contribution >= 4 is 6.03 Å². The molecule has 2 N–H and O–H groups in total. The average Bonchev–Trinajstić information content (AvgIpc) is 2.47. The van der Waals surface area contributed by atoms with Crippen molar-refractivity contribution in [2.75, 3.05) is 0 Å². The minimum atomic E-state index is -0.282. The molecule has 0 saturated carbocycles. The van der Waals surface area contributed by atoms with Crippen molar-refractivity contribution < 1.29 is 9.18 Å². The van der Waals surface area contributed by atoms with E-state index >= 15 is 0 Å². The van der Waals surface area contributed by atoms with Crippen LogP contribution in [0.2, 0.25) is 0 Å². The lowest BCUT2D eigenvalue weighted by Gasteiger charge is -2.15. The standard InChI is InChI=1S/C16H17FN2O/c1-12(14-5-3-2-4-6-14)19-16(20)18-11-13-7-9-15(17)10-8-13/h2-10,12H,11H2,1H3,(H2,18,19,20). The molecule has 0 aromatic heterocycles. The van der Waals surface area contributed by atoms with Crippen LogP contribution in [-0.2, 0) is 6.54 Å². The molecule has 0 bridgehead atoms. The third kappa shape index (κ3) is 4.09. The largest absolute Gasteiger partial charge is 0.334 e. The van der Waals surface area contributed by atoms with Crippen molar-refractivity contribution in [2.45, 2.75) is 19.5 Å². The number of amides is 2. The van der Waals surface area contributed by atoms with Gasteiger partial charge in [0.2, 0.25) is 0 Å². The van der Waals surface area contributed by atoms with Gasteiger partial charge in [-0.15, -0.1) is 0 Å². The second-order valence-electron chi connectivity index (χ2n) is 4.59.